The van der Waals surface area contributed by atoms with Crippen molar-refractivity contribution in [2.24, 2.45) is 0 Å². The number of likely N-dealkylation sites (N-methyl/N-ethyl adjacent to an activating group) is 1. The average Bonchev–Trinajstić information content (AvgIpc) is 3.23. The maximum absolute atomic E-state index is 4.90. The molecule has 130 valence electrons. The molecule has 1 aromatic heterocycles. The largest absolute Gasteiger partial charge is 0.305 e. The Morgan fingerprint density at radius 2 is 1.88 bits per heavy atom. The predicted molar refractivity (Wildman–Crippen MR) is 98.5 cm³/mol. The number of likely N-dealkylation sites (tertiary alicyclic amines) is 1. The van der Waals surface area contributed by atoms with Crippen LogP contribution in [0.2, 0.25) is 0 Å². The summed E-state index contributed by atoms with van der Waals surface area (Å²) < 4.78 is 4.90. The van der Waals surface area contributed by atoms with Crippen LogP contribution in [0.4, 0.5) is 0 Å². The van der Waals surface area contributed by atoms with E-state index >= 15 is 0 Å². The van der Waals surface area contributed by atoms with Gasteiger partial charge in [-0.05, 0) is 48.5 Å². The SMILES string of the molecule is Cc1ccc(C2CN(Cc3cccc4nonc34)CC2N(C)C)cc1. The van der Waals surface area contributed by atoms with Crippen LogP contribution in [-0.2, 0) is 6.54 Å². The van der Waals surface area contributed by atoms with Gasteiger partial charge in [-0.1, -0.05) is 42.0 Å². The Kier molecular flexibility index (Phi) is 4.27. The van der Waals surface area contributed by atoms with Crippen molar-refractivity contribution < 1.29 is 4.63 Å². The third kappa shape index (κ3) is 3.17. The molecule has 2 unspecified atom stereocenters. The molecule has 1 aliphatic rings. The molecular weight excluding hydrogens is 312 g/mol. The molecule has 1 fully saturated rings. The van der Waals surface area contributed by atoms with Gasteiger partial charge in [-0.2, -0.15) is 0 Å². The number of aromatic nitrogens is 2. The zero-order valence-electron chi connectivity index (χ0n) is 15.0. The van der Waals surface area contributed by atoms with Gasteiger partial charge in [0.05, 0.1) is 0 Å². The smallest absolute Gasteiger partial charge is 0.139 e. The minimum Gasteiger partial charge on any atom is -0.305 e. The molecule has 2 atom stereocenters. The fourth-order valence-corrected chi connectivity index (χ4v) is 3.89. The third-order valence-corrected chi connectivity index (χ3v) is 5.30. The summed E-state index contributed by atoms with van der Waals surface area (Å²) in [4.78, 5) is 4.86. The highest BCUT2D eigenvalue weighted by atomic mass is 16.6. The highest BCUT2D eigenvalue weighted by Crippen LogP contribution is 2.32. The van der Waals surface area contributed by atoms with Crippen LogP contribution in [0.3, 0.4) is 0 Å². The topological polar surface area (TPSA) is 45.4 Å². The van der Waals surface area contributed by atoms with Crippen molar-refractivity contribution in [1.29, 1.82) is 0 Å². The van der Waals surface area contributed by atoms with Crippen molar-refractivity contribution in [3.8, 4) is 0 Å². The first-order chi connectivity index (χ1) is 12.1. The van der Waals surface area contributed by atoms with Crippen molar-refractivity contribution in [3.63, 3.8) is 0 Å². The summed E-state index contributed by atoms with van der Waals surface area (Å²) in [6.45, 7) is 5.11. The fourth-order valence-electron chi connectivity index (χ4n) is 3.89. The Morgan fingerprint density at radius 1 is 1.08 bits per heavy atom. The molecule has 5 heteroatoms. The second kappa shape index (κ2) is 6.58. The van der Waals surface area contributed by atoms with Crippen LogP contribution in [0.15, 0.2) is 47.1 Å². The highest BCUT2D eigenvalue weighted by Gasteiger charge is 2.35. The number of rotatable bonds is 4. The van der Waals surface area contributed by atoms with Crippen LogP contribution in [0.1, 0.15) is 22.6 Å². The summed E-state index contributed by atoms with van der Waals surface area (Å²) in [5.41, 5.74) is 5.62. The molecule has 0 aliphatic carbocycles. The summed E-state index contributed by atoms with van der Waals surface area (Å²) in [6.07, 6.45) is 0. The molecular formula is C20H24N4O. The molecule has 0 amide bonds. The zero-order chi connectivity index (χ0) is 17.4. The van der Waals surface area contributed by atoms with E-state index in [9.17, 15) is 0 Å². The van der Waals surface area contributed by atoms with Gasteiger partial charge in [0.1, 0.15) is 11.0 Å². The van der Waals surface area contributed by atoms with E-state index in [0.717, 1.165) is 30.7 Å². The van der Waals surface area contributed by atoms with Gasteiger partial charge in [-0.15, -0.1) is 0 Å². The Hall–Kier alpha value is -2.24. The first-order valence-corrected chi connectivity index (χ1v) is 8.77. The van der Waals surface area contributed by atoms with Gasteiger partial charge in [0, 0.05) is 31.6 Å². The standard InChI is InChI=1S/C20H24N4O/c1-14-7-9-15(10-8-14)17-12-24(13-19(17)23(2)3)11-16-5-4-6-18-20(16)22-25-21-18/h4-10,17,19H,11-13H2,1-3H3. The van der Waals surface area contributed by atoms with Crippen molar-refractivity contribution in [3.05, 3.63) is 59.2 Å². The lowest BCUT2D eigenvalue weighted by Gasteiger charge is -2.25. The Labute approximate surface area is 148 Å². The zero-order valence-corrected chi connectivity index (χ0v) is 15.0. The molecule has 3 aromatic rings. The maximum Gasteiger partial charge on any atom is 0.139 e. The van der Waals surface area contributed by atoms with Crippen molar-refractivity contribution in [1.82, 2.24) is 20.1 Å². The number of benzene rings is 2. The molecule has 0 radical (unpaired) electrons. The first-order valence-electron chi connectivity index (χ1n) is 8.77. The predicted octanol–water partition coefficient (Wildman–Crippen LogP) is 3.06. The number of nitrogens with zero attached hydrogens (tertiary/aromatic N) is 4. The fraction of sp³-hybridized carbons (Fsp3) is 0.400. The normalized spacial score (nSPS) is 21.4. The Bertz CT molecular complexity index is 856. The van der Waals surface area contributed by atoms with Crippen LogP contribution in [-0.4, -0.2) is 53.3 Å². The third-order valence-electron chi connectivity index (χ3n) is 5.30. The van der Waals surface area contributed by atoms with E-state index in [1.807, 2.05) is 12.1 Å². The van der Waals surface area contributed by atoms with E-state index in [4.69, 9.17) is 4.63 Å². The van der Waals surface area contributed by atoms with Crippen molar-refractivity contribution in [2.75, 3.05) is 27.2 Å². The lowest BCUT2D eigenvalue weighted by atomic mass is 9.93. The van der Waals surface area contributed by atoms with Gasteiger partial charge in [-0.3, -0.25) is 4.90 Å². The second-order valence-corrected chi connectivity index (χ2v) is 7.29. The molecule has 4 rings (SSSR count). The first kappa shape index (κ1) is 16.2. The molecule has 1 aliphatic heterocycles. The Morgan fingerprint density at radius 3 is 2.64 bits per heavy atom. The highest BCUT2D eigenvalue weighted by molar-refractivity contribution is 5.76. The van der Waals surface area contributed by atoms with E-state index in [1.165, 1.54) is 16.7 Å². The number of hydrogen-bond acceptors (Lipinski definition) is 5. The summed E-state index contributed by atoms with van der Waals surface area (Å²) in [5, 5.41) is 8.03. The number of fused-ring (bicyclic) bond motifs is 1. The van der Waals surface area contributed by atoms with Gasteiger partial charge in [0.2, 0.25) is 0 Å². The summed E-state index contributed by atoms with van der Waals surface area (Å²) in [5.74, 6) is 0.519. The molecule has 0 bridgehead atoms. The molecule has 0 N–H and O–H groups in total. The summed E-state index contributed by atoms with van der Waals surface area (Å²) >= 11 is 0. The minimum atomic E-state index is 0.511. The molecule has 0 spiro atoms. The van der Waals surface area contributed by atoms with E-state index in [1.54, 1.807) is 0 Å². The van der Waals surface area contributed by atoms with Crippen LogP contribution >= 0.6 is 0 Å². The quantitative estimate of drug-likeness (QED) is 0.733. The van der Waals surface area contributed by atoms with Gasteiger partial charge in [0.25, 0.3) is 0 Å². The van der Waals surface area contributed by atoms with Gasteiger partial charge in [-0.25, -0.2) is 4.63 Å². The average molecular weight is 336 g/mol. The molecule has 0 saturated carbocycles. The van der Waals surface area contributed by atoms with E-state index in [2.05, 4.69) is 71.5 Å². The van der Waals surface area contributed by atoms with Gasteiger partial charge in [0.15, 0.2) is 0 Å². The number of hydrogen-bond donors (Lipinski definition) is 0. The van der Waals surface area contributed by atoms with Crippen molar-refractivity contribution >= 4 is 11.0 Å². The lowest BCUT2D eigenvalue weighted by molar-refractivity contribution is 0.260. The summed E-state index contributed by atoms with van der Waals surface area (Å²) in [6, 6.07) is 15.6. The van der Waals surface area contributed by atoms with E-state index in [0.29, 0.717) is 12.0 Å². The van der Waals surface area contributed by atoms with Crippen LogP contribution in [0.25, 0.3) is 11.0 Å². The van der Waals surface area contributed by atoms with E-state index < -0.39 is 0 Å². The molecule has 5 nitrogen and oxygen atoms in total. The second-order valence-electron chi connectivity index (χ2n) is 7.29. The maximum atomic E-state index is 4.90. The van der Waals surface area contributed by atoms with Crippen LogP contribution in [0, 0.1) is 6.92 Å². The molecule has 2 heterocycles. The molecule has 25 heavy (non-hydrogen) atoms. The monoisotopic (exact) mass is 336 g/mol. The number of aryl methyl sites for hydroxylation is 1. The van der Waals surface area contributed by atoms with Crippen molar-refractivity contribution in [2.45, 2.75) is 25.4 Å². The summed E-state index contributed by atoms with van der Waals surface area (Å²) in [7, 11) is 4.36. The minimum absolute atomic E-state index is 0.511. The van der Waals surface area contributed by atoms with Crippen LogP contribution < -0.4 is 0 Å². The molecule has 1 saturated heterocycles. The van der Waals surface area contributed by atoms with Gasteiger partial charge < -0.3 is 4.90 Å². The molecule has 2 aromatic carbocycles. The Balaban J connectivity index is 1.57. The lowest BCUT2D eigenvalue weighted by Crippen LogP contribution is -2.34. The van der Waals surface area contributed by atoms with Crippen LogP contribution in [0.5, 0.6) is 0 Å². The van der Waals surface area contributed by atoms with Gasteiger partial charge >= 0.3 is 0 Å². The van der Waals surface area contributed by atoms with E-state index in [-0.39, 0.29) is 0 Å².